The molecule has 0 N–H and O–H groups in total. The highest BCUT2D eigenvalue weighted by atomic mass is 16.2. The van der Waals surface area contributed by atoms with Gasteiger partial charge in [0, 0.05) is 13.1 Å². The van der Waals surface area contributed by atoms with Crippen molar-refractivity contribution in [3.8, 4) is 0 Å². The van der Waals surface area contributed by atoms with Crippen LogP contribution in [-0.2, 0) is 16.1 Å². The molecule has 2 aliphatic heterocycles. The predicted octanol–water partition coefficient (Wildman–Crippen LogP) is 2.03. The molecule has 21 heavy (non-hydrogen) atoms. The molecular weight excluding hydrogens is 264 g/mol. The highest BCUT2D eigenvalue weighted by Crippen LogP contribution is 2.29. The molecule has 0 unspecified atom stereocenters. The van der Waals surface area contributed by atoms with Crippen molar-refractivity contribution in [2.45, 2.75) is 52.2 Å². The fourth-order valence-electron chi connectivity index (χ4n) is 3.53. The van der Waals surface area contributed by atoms with E-state index in [4.69, 9.17) is 0 Å². The third-order valence-electron chi connectivity index (χ3n) is 4.90. The Labute approximate surface area is 125 Å². The lowest BCUT2D eigenvalue weighted by Crippen LogP contribution is -2.61. The third-order valence-corrected chi connectivity index (χ3v) is 4.90. The van der Waals surface area contributed by atoms with Crippen LogP contribution in [0.15, 0.2) is 18.2 Å². The fraction of sp³-hybridized carbons (Fsp3) is 0.529. The van der Waals surface area contributed by atoms with Gasteiger partial charge in [0.25, 0.3) is 0 Å². The number of amides is 2. The number of nitrogens with zero attached hydrogens (tertiary/aromatic N) is 2. The molecule has 0 bridgehead atoms. The molecule has 112 valence electrons. The van der Waals surface area contributed by atoms with E-state index >= 15 is 0 Å². The maximum atomic E-state index is 12.7. The number of carbonyl (C=O) groups is 2. The fourth-order valence-corrected chi connectivity index (χ4v) is 3.53. The van der Waals surface area contributed by atoms with E-state index in [-0.39, 0.29) is 23.9 Å². The van der Waals surface area contributed by atoms with Crippen LogP contribution in [-0.4, -0.2) is 40.2 Å². The second-order valence-electron chi connectivity index (χ2n) is 6.20. The summed E-state index contributed by atoms with van der Waals surface area (Å²) in [5, 5.41) is 0. The molecular formula is C17H22N2O2. The average Bonchev–Trinajstić information content (AvgIpc) is 2.93. The Hall–Kier alpha value is -1.84. The van der Waals surface area contributed by atoms with E-state index in [1.165, 1.54) is 11.1 Å². The number of piperazine rings is 1. The van der Waals surface area contributed by atoms with Crippen LogP contribution < -0.4 is 0 Å². The summed E-state index contributed by atoms with van der Waals surface area (Å²) in [5.74, 6) is 0.214. The van der Waals surface area contributed by atoms with Gasteiger partial charge in [0.1, 0.15) is 12.1 Å². The van der Waals surface area contributed by atoms with Crippen molar-refractivity contribution < 1.29 is 9.59 Å². The summed E-state index contributed by atoms with van der Waals surface area (Å²) in [6, 6.07) is 5.57. The van der Waals surface area contributed by atoms with E-state index in [0.29, 0.717) is 6.54 Å². The van der Waals surface area contributed by atoms with Gasteiger partial charge >= 0.3 is 0 Å². The molecule has 1 aromatic carbocycles. The molecule has 2 saturated heterocycles. The van der Waals surface area contributed by atoms with Crippen molar-refractivity contribution in [3.63, 3.8) is 0 Å². The number of rotatable bonds is 2. The zero-order valence-corrected chi connectivity index (χ0v) is 12.9. The SMILES string of the molecule is Cc1cccc(C)c1CN1C(=O)[C@H]2CCCN2C(=O)[C@@H]1C. The van der Waals surface area contributed by atoms with Crippen LogP contribution in [0.3, 0.4) is 0 Å². The van der Waals surface area contributed by atoms with Crippen LogP contribution in [0.5, 0.6) is 0 Å². The van der Waals surface area contributed by atoms with Crippen molar-refractivity contribution in [1.29, 1.82) is 0 Å². The first kappa shape index (κ1) is 14.1. The maximum Gasteiger partial charge on any atom is 0.246 e. The van der Waals surface area contributed by atoms with Gasteiger partial charge in [0.05, 0.1) is 0 Å². The largest absolute Gasteiger partial charge is 0.329 e. The lowest BCUT2D eigenvalue weighted by atomic mass is 9.99. The molecule has 3 rings (SSSR count). The van der Waals surface area contributed by atoms with Gasteiger partial charge in [-0.15, -0.1) is 0 Å². The molecule has 0 spiro atoms. The number of carbonyl (C=O) groups excluding carboxylic acids is 2. The number of hydrogen-bond acceptors (Lipinski definition) is 2. The molecule has 2 aliphatic rings. The second kappa shape index (κ2) is 5.17. The van der Waals surface area contributed by atoms with E-state index in [0.717, 1.165) is 24.9 Å². The highest BCUT2D eigenvalue weighted by Gasteiger charge is 2.45. The van der Waals surface area contributed by atoms with Crippen molar-refractivity contribution in [2.75, 3.05) is 6.54 Å². The lowest BCUT2D eigenvalue weighted by molar-refractivity contribution is -0.159. The summed E-state index contributed by atoms with van der Waals surface area (Å²) in [6.45, 7) is 7.24. The van der Waals surface area contributed by atoms with Crippen LogP contribution in [0.1, 0.15) is 36.5 Å². The van der Waals surface area contributed by atoms with E-state index in [9.17, 15) is 9.59 Å². The van der Waals surface area contributed by atoms with Gasteiger partial charge < -0.3 is 9.80 Å². The second-order valence-corrected chi connectivity index (χ2v) is 6.20. The van der Waals surface area contributed by atoms with Crippen LogP contribution in [0.2, 0.25) is 0 Å². The number of aryl methyl sites for hydroxylation is 2. The van der Waals surface area contributed by atoms with E-state index in [2.05, 4.69) is 26.0 Å². The normalized spacial score (nSPS) is 25.5. The van der Waals surface area contributed by atoms with Crippen LogP contribution in [0.25, 0.3) is 0 Å². The van der Waals surface area contributed by atoms with Gasteiger partial charge in [0.15, 0.2) is 0 Å². The van der Waals surface area contributed by atoms with Crippen LogP contribution in [0.4, 0.5) is 0 Å². The monoisotopic (exact) mass is 286 g/mol. The van der Waals surface area contributed by atoms with Crippen molar-refractivity contribution in [2.24, 2.45) is 0 Å². The Balaban J connectivity index is 1.91. The first-order valence-corrected chi connectivity index (χ1v) is 7.66. The Bertz CT molecular complexity index is 576. The Kier molecular flexibility index (Phi) is 3.47. The van der Waals surface area contributed by atoms with Crippen molar-refractivity contribution in [3.05, 3.63) is 34.9 Å². The first-order valence-electron chi connectivity index (χ1n) is 7.66. The van der Waals surface area contributed by atoms with Gasteiger partial charge in [0.2, 0.25) is 11.8 Å². The molecule has 1 aromatic rings. The quantitative estimate of drug-likeness (QED) is 0.834. The molecule has 0 saturated carbocycles. The minimum atomic E-state index is -0.356. The van der Waals surface area contributed by atoms with Crippen LogP contribution >= 0.6 is 0 Å². The molecule has 0 aromatic heterocycles. The number of fused-ring (bicyclic) bond motifs is 1. The highest BCUT2D eigenvalue weighted by molar-refractivity contribution is 5.97. The first-order chi connectivity index (χ1) is 10.0. The van der Waals surface area contributed by atoms with Crippen molar-refractivity contribution >= 4 is 11.8 Å². The molecule has 2 heterocycles. The third kappa shape index (κ3) is 2.23. The Morgan fingerprint density at radius 3 is 2.48 bits per heavy atom. The Morgan fingerprint density at radius 1 is 1.14 bits per heavy atom. The van der Waals surface area contributed by atoms with Gasteiger partial charge in [-0.3, -0.25) is 9.59 Å². The molecule has 2 atom stereocenters. The summed E-state index contributed by atoms with van der Waals surface area (Å²) >= 11 is 0. The van der Waals surface area contributed by atoms with E-state index in [1.54, 1.807) is 9.80 Å². The average molecular weight is 286 g/mol. The summed E-state index contributed by atoms with van der Waals surface area (Å²) in [6.07, 6.45) is 1.74. The summed E-state index contributed by atoms with van der Waals surface area (Å²) in [7, 11) is 0. The van der Waals surface area contributed by atoms with Gasteiger partial charge in [-0.25, -0.2) is 0 Å². The molecule has 4 nitrogen and oxygen atoms in total. The summed E-state index contributed by atoms with van der Waals surface area (Å²) in [4.78, 5) is 28.7. The summed E-state index contributed by atoms with van der Waals surface area (Å²) < 4.78 is 0. The summed E-state index contributed by atoms with van der Waals surface area (Å²) in [5.41, 5.74) is 3.52. The minimum Gasteiger partial charge on any atom is -0.329 e. The maximum absolute atomic E-state index is 12.7. The molecule has 4 heteroatoms. The predicted molar refractivity (Wildman–Crippen MR) is 80.7 cm³/mol. The van der Waals surface area contributed by atoms with Crippen molar-refractivity contribution in [1.82, 2.24) is 9.80 Å². The minimum absolute atomic E-state index is 0.100. The molecule has 2 fully saturated rings. The molecule has 0 radical (unpaired) electrons. The smallest absolute Gasteiger partial charge is 0.246 e. The zero-order chi connectivity index (χ0) is 15.1. The van der Waals surface area contributed by atoms with E-state index in [1.807, 2.05) is 13.0 Å². The molecule has 0 aliphatic carbocycles. The van der Waals surface area contributed by atoms with Gasteiger partial charge in [-0.2, -0.15) is 0 Å². The van der Waals surface area contributed by atoms with Gasteiger partial charge in [-0.05, 0) is 50.3 Å². The molecule has 2 amide bonds. The lowest BCUT2D eigenvalue weighted by Gasteiger charge is -2.41. The van der Waals surface area contributed by atoms with Gasteiger partial charge in [-0.1, -0.05) is 18.2 Å². The topological polar surface area (TPSA) is 40.6 Å². The zero-order valence-electron chi connectivity index (χ0n) is 12.9. The number of hydrogen-bond donors (Lipinski definition) is 0. The standard InChI is InChI=1S/C17H22N2O2/c1-11-6-4-7-12(2)14(11)10-19-13(3)16(20)18-9-5-8-15(18)17(19)21/h4,6-7,13,15H,5,8-10H2,1-3H3/t13-,15+/m0/s1. The number of benzene rings is 1. The van der Waals surface area contributed by atoms with Crippen LogP contribution in [0, 0.1) is 13.8 Å². The Morgan fingerprint density at radius 2 is 1.81 bits per heavy atom. The van der Waals surface area contributed by atoms with E-state index < -0.39 is 0 Å².